The van der Waals surface area contributed by atoms with Crippen LogP contribution in [0.4, 0.5) is 0 Å². The lowest BCUT2D eigenvalue weighted by Gasteiger charge is -2.12. The Labute approximate surface area is 135 Å². The van der Waals surface area contributed by atoms with E-state index in [4.69, 9.17) is 19.7 Å². The Hall–Kier alpha value is -2.18. The maximum Gasteiger partial charge on any atom is 0.338 e. The summed E-state index contributed by atoms with van der Waals surface area (Å²) < 4.78 is 10.0. The van der Waals surface area contributed by atoms with Crippen LogP contribution in [0.15, 0.2) is 36.4 Å². The van der Waals surface area contributed by atoms with Gasteiger partial charge in [0.25, 0.3) is 0 Å². The lowest BCUT2D eigenvalue weighted by Crippen LogP contribution is -2.25. The monoisotopic (exact) mass is 322 g/mol. The number of carbonyl (C=O) groups is 2. The maximum absolute atomic E-state index is 11.8. The van der Waals surface area contributed by atoms with Crippen LogP contribution in [0.2, 0.25) is 0 Å². The number of aliphatic hydroxyl groups excluding tert-OH is 2. The molecule has 0 saturated carbocycles. The average Bonchev–Trinajstić information content (AvgIpc) is 2.57. The van der Waals surface area contributed by atoms with Gasteiger partial charge in [-0.25, -0.2) is 4.79 Å². The predicted molar refractivity (Wildman–Crippen MR) is 84.1 cm³/mol. The zero-order valence-corrected chi connectivity index (χ0v) is 13.1. The summed E-state index contributed by atoms with van der Waals surface area (Å²) in [5.74, 6) is -0.647. The van der Waals surface area contributed by atoms with Crippen molar-refractivity contribution in [2.45, 2.75) is 32.3 Å². The molecule has 1 aromatic rings. The van der Waals surface area contributed by atoms with Gasteiger partial charge in [-0.1, -0.05) is 12.2 Å². The Balaban J connectivity index is 2.49. The lowest BCUT2D eigenvalue weighted by atomic mass is 10.2. The van der Waals surface area contributed by atoms with Gasteiger partial charge >= 0.3 is 11.9 Å². The third kappa shape index (κ3) is 7.08. The predicted octanol–water partition coefficient (Wildman–Crippen LogP) is 1.85. The Morgan fingerprint density at radius 1 is 1.17 bits per heavy atom. The minimum absolute atomic E-state index is 0.241. The number of carbonyl (C=O) groups excluding carboxylic acids is 2. The van der Waals surface area contributed by atoms with E-state index in [0.29, 0.717) is 12.2 Å². The first-order valence-corrected chi connectivity index (χ1v) is 7.45. The van der Waals surface area contributed by atoms with Crippen molar-refractivity contribution >= 4 is 11.9 Å². The van der Waals surface area contributed by atoms with Crippen molar-refractivity contribution in [3.05, 3.63) is 42.0 Å². The van der Waals surface area contributed by atoms with Gasteiger partial charge in [0.1, 0.15) is 11.9 Å². The maximum atomic E-state index is 11.8. The summed E-state index contributed by atoms with van der Waals surface area (Å²) in [6, 6.07) is 5.90. The highest BCUT2D eigenvalue weighted by molar-refractivity contribution is 5.89. The molecule has 23 heavy (non-hydrogen) atoms. The Bertz CT molecular complexity index is 516. The number of aliphatic hydroxyl groups is 2. The smallest absolute Gasteiger partial charge is 0.338 e. The molecule has 2 N–H and O–H groups in total. The van der Waals surface area contributed by atoms with Crippen LogP contribution >= 0.6 is 0 Å². The van der Waals surface area contributed by atoms with Gasteiger partial charge in [-0.05, 0) is 44.0 Å². The molecule has 0 aliphatic rings. The zero-order chi connectivity index (χ0) is 17.1. The summed E-state index contributed by atoms with van der Waals surface area (Å²) in [6.45, 7) is 1.02. The van der Waals surface area contributed by atoms with Crippen molar-refractivity contribution in [1.82, 2.24) is 0 Å². The first-order chi connectivity index (χ1) is 11.1. The fourth-order valence-electron chi connectivity index (χ4n) is 1.72. The molecule has 0 heterocycles. The van der Waals surface area contributed by atoms with Gasteiger partial charge in [0.05, 0.1) is 18.8 Å². The van der Waals surface area contributed by atoms with Gasteiger partial charge in [-0.15, -0.1) is 0 Å². The van der Waals surface area contributed by atoms with Gasteiger partial charge in [0.15, 0.2) is 0 Å². The van der Waals surface area contributed by atoms with E-state index in [1.807, 2.05) is 19.1 Å². The first kappa shape index (κ1) is 18.9. The summed E-state index contributed by atoms with van der Waals surface area (Å²) in [5, 5.41) is 17.7. The van der Waals surface area contributed by atoms with Crippen LogP contribution in [0.3, 0.4) is 0 Å². The molecule has 0 unspecified atom stereocenters. The van der Waals surface area contributed by atoms with Crippen LogP contribution in [0.25, 0.3) is 0 Å². The van der Waals surface area contributed by atoms with Crippen molar-refractivity contribution < 1.29 is 29.3 Å². The van der Waals surface area contributed by atoms with Crippen LogP contribution in [-0.4, -0.2) is 41.5 Å². The number of benzene rings is 1. The second-order valence-corrected chi connectivity index (χ2v) is 4.85. The Morgan fingerprint density at radius 2 is 1.83 bits per heavy atom. The topological polar surface area (TPSA) is 93.1 Å². The molecule has 0 aliphatic carbocycles. The summed E-state index contributed by atoms with van der Waals surface area (Å²) >= 11 is 0. The van der Waals surface area contributed by atoms with E-state index in [9.17, 15) is 9.59 Å². The van der Waals surface area contributed by atoms with Crippen LogP contribution < -0.4 is 4.74 Å². The van der Waals surface area contributed by atoms with E-state index in [2.05, 4.69) is 0 Å². The number of hydrogen-bond acceptors (Lipinski definition) is 6. The number of allylic oxidation sites excluding steroid dienone is 2. The molecule has 1 aromatic carbocycles. The van der Waals surface area contributed by atoms with Crippen molar-refractivity contribution in [2.75, 3.05) is 13.2 Å². The summed E-state index contributed by atoms with van der Waals surface area (Å²) in [6.07, 6.45) is 4.84. The molecule has 0 aliphatic heterocycles. The van der Waals surface area contributed by atoms with E-state index in [-0.39, 0.29) is 11.5 Å². The van der Waals surface area contributed by atoms with Crippen molar-refractivity contribution in [2.24, 2.45) is 0 Å². The number of esters is 2. The molecule has 0 bridgehead atoms. The molecule has 0 radical (unpaired) electrons. The molecule has 6 heteroatoms. The summed E-state index contributed by atoms with van der Waals surface area (Å²) in [4.78, 5) is 23.4. The van der Waals surface area contributed by atoms with Gasteiger partial charge in [-0.2, -0.15) is 0 Å². The Kier molecular flexibility index (Phi) is 8.64. The highest BCUT2D eigenvalue weighted by atomic mass is 16.6. The quantitative estimate of drug-likeness (QED) is 0.312. The van der Waals surface area contributed by atoms with Crippen molar-refractivity contribution in [3.63, 3.8) is 0 Å². The molecular weight excluding hydrogens is 300 g/mol. The largest absolute Gasteiger partial charge is 0.454 e. The SMILES string of the molecule is C/C=C\CCCC(=O)Oc1ccc(C(=O)OC(CO)CO)cc1. The normalized spacial score (nSPS) is 11.0. The molecule has 1 rings (SSSR count). The highest BCUT2D eigenvalue weighted by Gasteiger charge is 2.14. The molecule has 6 nitrogen and oxygen atoms in total. The van der Waals surface area contributed by atoms with Crippen LogP contribution in [-0.2, 0) is 9.53 Å². The van der Waals surface area contributed by atoms with Gasteiger partial charge in [0.2, 0.25) is 0 Å². The molecule has 0 amide bonds. The molecule has 0 aromatic heterocycles. The van der Waals surface area contributed by atoms with E-state index in [1.54, 1.807) is 0 Å². The molecule has 126 valence electrons. The lowest BCUT2D eigenvalue weighted by molar-refractivity contribution is -0.134. The standard InChI is InChI=1S/C17H22O6/c1-2-3-4-5-6-16(20)22-14-9-7-13(8-10-14)17(21)23-15(11-18)12-19/h2-3,7-10,15,18-19H,4-6,11-12H2,1H3/b3-2-. The molecule has 0 fully saturated rings. The fourth-order valence-corrected chi connectivity index (χ4v) is 1.72. The molecular formula is C17H22O6. The van der Waals surface area contributed by atoms with Crippen LogP contribution in [0.1, 0.15) is 36.5 Å². The van der Waals surface area contributed by atoms with E-state index < -0.39 is 25.3 Å². The molecule has 0 spiro atoms. The number of rotatable bonds is 9. The van der Waals surface area contributed by atoms with E-state index in [0.717, 1.165) is 12.8 Å². The van der Waals surface area contributed by atoms with E-state index >= 15 is 0 Å². The van der Waals surface area contributed by atoms with Crippen LogP contribution in [0.5, 0.6) is 5.75 Å². The van der Waals surface area contributed by atoms with Crippen molar-refractivity contribution in [1.29, 1.82) is 0 Å². The number of hydrogen-bond donors (Lipinski definition) is 2. The van der Waals surface area contributed by atoms with E-state index in [1.165, 1.54) is 24.3 Å². The van der Waals surface area contributed by atoms with Crippen molar-refractivity contribution in [3.8, 4) is 5.75 Å². The minimum Gasteiger partial charge on any atom is -0.454 e. The molecule has 0 saturated heterocycles. The second kappa shape index (κ2) is 10.5. The fraction of sp³-hybridized carbons (Fsp3) is 0.412. The number of ether oxygens (including phenoxy) is 2. The number of unbranched alkanes of at least 4 members (excludes halogenated alkanes) is 1. The van der Waals surface area contributed by atoms with Gasteiger partial charge in [0, 0.05) is 6.42 Å². The Morgan fingerprint density at radius 3 is 2.39 bits per heavy atom. The highest BCUT2D eigenvalue weighted by Crippen LogP contribution is 2.15. The summed E-state index contributed by atoms with van der Waals surface area (Å²) in [7, 11) is 0. The summed E-state index contributed by atoms with van der Waals surface area (Å²) in [5.41, 5.74) is 0.241. The van der Waals surface area contributed by atoms with Gasteiger partial charge in [-0.3, -0.25) is 4.79 Å². The first-order valence-electron chi connectivity index (χ1n) is 7.45. The van der Waals surface area contributed by atoms with Gasteiger partial charge < -0.3 is 19.7 Å². The third-order valence-electron chi connectivity index (χ3n) is 2.99. The zero-order valence-electron chi connectivity index (χ0n) is 13.1. The second-order valence-electron chi connectivity index (χ2n) is 4.85. The van der Waals surface area contributed by atoms with Crippen LogP contribution in [0, 0.1) is 0 Å². The average molecular weight is 322 g/mol. The third-order valence-corrected chi connectivity index (χ3v) is 2.99. The molecule has 0 atom stereocenters. The minimum atomic E-state index is -0.947.